The predicted octanol–water partition coefficient (Wildman–Crippen LogP) is 2.30. The number of phenolic OH excluding ortho intramolecular Hbond substituents is 1. The van der Waals surface area contributed by atoms with Crippen LogP contribution in [0, 0.1) is 6.92 Å². The molecular formula is C13H13F3N4O2. The van der Waals surface area contributed by atoms with Crippen LogP contribution in [0.25, 0.3) is 0 Å². The second kappa shape index (κ2) is 5.96. The molecule has 0 aliphatic carbocycles. The van der Waals surface area contributed by atoms with Crippen molar-refractivity contribution in [3.05, 3.63) is 35.7 Å². The van der Waals surface area contributed by atoms with Gasteiger partial charge in [-0.25, -0.2) is 9.66 Å². The minimum Gasteiger partial charge on any atom is -0.507 e. The molecule has 2 rings (SSSR count). The number of nitrogens with zero attached hydrogens (tertiary/aromatic N) is 3. The Balaban J connectivity index is 2.11. The van der Waals surface area contributed by atoms with Crippen LogP contribution >= 0.6 is 0 Å². The standard InChI is InChI=1S/C13H13F3N4O2/c1-8-6-20(12(17)19-8)18-5-9-2-3-10(4-11(9)21)22-7-13(14,15)16/h2-6,21H,7H2,1H3,(H2,17,19). The number of hydrogen-bond donors (Lipinski definition) is 2. The second-order valence-corrected chi connectivity index (χ2v) is 4.45. The van der Waals surface area contributed by atoms with Gasteiger partial charge in [0.25, 0.3) is 0 Å². The highest BCUT2D eigenvalue weighted by molar-refractivity contribution is 5.83. The number of aromatic hydroxyl groups is 1. The van der Waals surface area contributed by atoms with E-state index in [1.807, 2.05) is 0 Å². The van der Waals surface area contributed by atoms with Crippen molar-refractivity contribution in [2.75, 3.05) is 12.3 Å². The molecule has 6 nitrogen and oxygen atoms in total. The Morgan fingerprint density at radius 3 is 2.73 bits per heavy atom. The summed E-state index contributed by atoms with van der Waals surface area (Å²) in [5.41, 5.74) is 6.57. The number of aromatic nitrogens is 2. The summed E-state index contributed by atoms with van der Waals surface area (Å²) in [5, 5.41) is 13.8. The first-order valence-electron chi connectivity index (χ1n) is 6.13. The summed E-state index contributed by atoms with van der Waals surface area (Å²) in [6, 6.07) is 3.76. The molecule has 0 saturated heterocycles. The van der Waals surface area contributed by atoms with Crippen molar-refractivity contribution in [3.63, 3.8) is 0 Å². The van der Waals surface area contributed by atoms with Gasteiger partial charge < -0.3 is 15.6 Å². The van der Waals surface area contributed by atoms with Crippen LogP contribution in [0.15, 0.2) is 29.5 Å². The summed E-state index contributed by atoms with van der Waals surface area (Å²) >= 11 is 0. The lowest BCUT2D eigenvalue weighted by atomic mass is 10.2. The minimum absolute atomic E-state index is 0.0926. The van der Waals surface area contributed by atoms with Crippen molar-refractivity contribution in [1.82, 2.24) is 9.66 Å². The van der Waals surface area contributed by atoms with E-state index in [9.17, 15) is 18.3 Å². The Hall–Kier alpha value is -2.71. The maximum Gasteiger partial charge on any atom is 0.422 e. The number of alkyl halides is 3. The number of anilines is 1. The van der Waals surface area contributed by atoms with Crippen LogP contribution in [0.4, 0.5) is 19.1 Å². The molecule has 0 fully saturated rings. The maximum atomic E-state index is 12.0. The lowest BCUT2D eigenvalue weighted by Gasteiger charge is -2.09. The van der Waals surface area contributed by atoms with Crippen LogP contribution in [0.3, 0.4) is 0 Å². The molecule has 1 aromatic heterocycles. The minimum atomic E-state index is -4.44. The number of aryl methyl sites for hydroxylation is 1. The van der Waals surface area contributed by atoms with Crippen LogP contribution in [0.2, 0.25) is 0 Å². The third-order valence-electron chi connectivity index (χ3n) is 2.56. The number of phenols is 1. The molecular weight excluding hydrogens is 301 g/mol. The van der Waals surface area contributed by atoms with Gasteiger partial charge in [0, 0.05) is 11.6 Å². The maximum absolute atomic E-state index is 12.0. The summed E-state index contributed by atoms with van der Waals surface area (Å²) in [6.45, 7) is 0.317. The number of nitrogens with two attached hydrogens (primary N) is 1. The van der Waals surface area contributed by atoms with Gasteiger partial charge in [0.05, 0.1) is 18.1 Å². The first-order chi connectivity index (χ1) is 10.2. The zero-order valence-corrected chi connectivity index (χ0v) is 11.5. The fourth-order valence-corrected chi connectivity index (χ4v) is 1.61. The normalized spacial score (nSPS) is 12.0. The van der Waals surface area contributed by atoms with Gasteiger partial charge in [0.15, 0.2) is 6.61 Å². The molecule has 1 heterocycles. The van der Waals surface area contributed by atoms with Crippen molar-refractivity contribution >= 4 is 12.2 Å². The van der Waals surface area contributed by atoms with Gasteiger partial charge in [-0.1, -0.05) is 0 Å². The highest BCUT2D eigenvalue weighted by atomic mass is 19.4. The van der Waals surface area contributed by atoms with Crippen LogP contribution < -0.4 is 10.5 Å². The number of rotatable bonds is 4. The van der Waals surface area contributed by atoms with E-state index in [1.54, 1.807) is 13.1 Å². The predicted molar refractivity (Wildman–Crippen MR) is 74.0 cm³/mol. The van der Waals surface area contributed by atoms with E-state index in [0.717, 1.165) is 6.07 Å². The number of benzene rings is 1. The number of imidazole rings is 1. The van der Waals surface area contributed by atoms with E-state index in [2.05, 4.69) is 14.8 Å². The summed E-state index contributed by atoms with van der Waals surface area (Å²) in [6.07, 6.45) is -1.55. The SMILES string of the molecule is Cc1cn(N=Cc2ccc(OCC(F)(F)F)cc2O)c(N)n1. The molecule has 0 radical (unpaired) electrons. The lowest BCUT2D eigenvalue weighted by molar-refractivity contribution is -0.153. The summed E-state index contributed by atoms with van der Waals surface area (Å²) < 4.78 is 42.0. The Kier molecular flexibility index (Phi) is 4.25. The molecule has 9 heteroatoms. The van der Waals surface area contributed by atoms with E-state index in [0.29, 0.717) is 11.3 Å². The zero-order chi connectivity index (χ0) is 16.3. The first kappa shape index (κ1) is 15.7. The zero-order valence-electron chi connectivity index (χ0n) is 11.5. The quantitative estimate of drug-likeness (QED) is 0.848. The van der Waals surface area contributed by atoms with Crippen molar-refractivity contribution in [1.29, 1.82) is 0 Å². The van der Waals surface area contributed by atoms with Gasteiger partial charge >= 0.3 is 6.18 Å². The molecule has 0 atom stereocenters. The molecule has 0 saturated carbocycles. The van der Waals surface area contributed by atoms with Crippen LogP contribution in [-0.2, 0) is 0 Å². The topological polar surface area (TPSA) is 85.7 Å². The van der Waals surface area contributed by atoms with E-state index >= 15 is 0 Å². The van der Waals surface area contributed by atoms with Gasteiger partial charge in [0.2, 0.25) is 5.95 Å². The van der Waals surface area contributed by atoms with Crippen molar-refractivity contribution in [3.8, 4) is 11.5 Å². The van der Waals surface area contributed by atoms with Crippen molar-refractivity contribution in [2.45, 2.75) is 13.1 Å². The molecule has 22 heavy (non-hydrogen) atoms. The largest absolute Gasteiger partial charge is 0.507 e. The smallest absolute Gasteiger partial charge is 0.422 e. The molecule has 1 aromatic carbocycles. The van der Waals surface area contributed by atoms with E-state index in [1.165, 1.54) is 23.0 Å². The van der Waals surface area contributed by atoms with E-state index in [4.69, 9.17) is 5.73 Å². The van der Waals surface area contributed by atoms with E-state index in [-0.39, 0.29) is 17.4 Å². The Morgan fingerprint density at radius 2 is 2.18 bits per heavy atom. The summed E-state index contributed by atoms with van der Waals surface area (Å²) in [4.78, 5) is 3.95. The lowest BCUT2D eigenvalue weighted by Crippen LogP contribution is -2.19. The molecule has 0 amide bonds. The highest BCUT2D eigenvalue weighted by Crippen LogP contribution is 2.24. The van der Waals surface area contributed by atoms with Gasteiger partial charge in [0.1, 0.15) is 11.5 Å². The molecule has 0 aliphatic rings. The molecule has 0 unspecified atom stereocenters. The number of nitrogen functional groups attached to an aromatic ring is 1. The molecule has 118 valence electrons. The monoisotopic (exact) mass is 314 g/mol. The average Bonchev–Trinajstić information content (AvgIpc) is 2.73. The third-order valence-corrected chi connectivity index (χ3v) is 2.56. The molecule has 2 aromatic rings. The summed E-state index contributed by atoms with van der Waals surface area (Å²) in [5.74, 6) is -0.179. The van der Waals surface area contributed by atoms with Crippen molar-refractivity contribution in [2.24, 2.45) is 5.10 Å². The number of halogens is 3. The van der Waals surface area contributed by atoms with E-state index < -0.39 is 12.8 Å². The van der Waals surface area contributed by atoms with Crippen LogP contribution in [0.1, 0.15) is 11.3 Å². The van der Waals surface area contributed by atoms with Gasteiger partial charge in [-0.3, -0.25) is 0 Å². The molecule has 0 aliphatic heterocycles. The molecule has 3 N–H and O–H groups in total. The van der Waals surface area contributed by atoms with Crippen LogP contribution in [-0.4, -0.2) is 33.8 Å². The molecule has 0 spiro atoms. The third kappa shape index (κ3) is 4.14. The highest BCUT2D eigenvalue weighted by Gasteiger charge is 2.28. The Bertz CT molecular complexity index is 695. The average molecular weight is 314 g/mol. The van der Waals surface area contributed by atoms with Gasteiger partial charge in [-0.15, -0.1) is 0 Å². The van der Waals surface area contributed by atoms with Gasteiger partial charge in [-0.05, 0) is 19.1 Å². The van der Waals surface area contributed by atoms with Gasteiger partial charge in [-0.2, -0.15) is 18.3 Å². The summed E-state index contributed by atoms with van der Waals surface area (Å²) in [7, 11) is 0. The van der Waals surface area contributed by atoms with Crippen LogP contribution in [0.5, 0.6) is 11.5 Å². The Labute approximate surface area is 123 Å². The fraction of sp³-hybridized carbons (Fsp3) is 0.231. The Morgan fingerprint density at radius 1 is 1.45 bits per heavy atom. The second-order valence-electron chi connectivity index (χ2n) is 4.45. The fourth-order valence-electron chi connectivity index (χ4n) is 1.61. The number of ether oxygens (including phenoxy) is 1. The molecule has 0 bridgehead atoms. The van der Waals surface area contributed by atoms with Crippen molar-refractivity contribution < 1.29 is 23.0 Å². The number of hydrogen-bond acceptors (Lipinski definition) is 5. The first-order valence-corrected chi connectivity index (χ1v) is 6.13.